The number of ether oxygens (including phenoxy) is 1. The van der Waals surface area contributed by atoms with Crippen molar-refractivity contribution in [1.29, 1.82) is 0 Å². The van der Waals surface area contributed by atoms with Crippen molar-refractivity contribution in [1.82, 2.24) is 24.4 Å². The van der Waals surface area contributed by atoms with Crippen molar-refractivity contribution in [3.05, 3.63) is 43.5 Å². The molecule has 0 spiro atoms. The Morgan fingerprint density at radius 3 is 2.77 bits per heavy atom. The molecule has 4 heterocycles. The van der Waals surface area contributed by atoms with E-state index < -0.39 is 0 Å². The molecule has 30 heavy (non-hydrogen) atoms. The van der Waals surface area contributed by atoms with Gasteiger partial charge < -0.3 is 15.0 Å². The van der Waals surface area contributed by atoms with Crippen LogP contribution in [0.1, 0.15) is 28.8 Å². The molecule has 0 unspecified atom stereocenters. The van der Waals surface area contributed by atoms with E-state index in [4.69, 9.17) is 22.1 Å². The van der Waals surface area contributed by atoms with Gasteiger partial charge in [0, 0.05) is 29.1 Å². The molecule has 7 nitrogen and oxygen atoms in total. The van der Waals surface area contributed by atoms with Crippen molar-refractivity contribution in [3.63, 3.8) is 0 Å². The number of hydrogen-bond donors (Lipinski definition) is 1. The molecule has 160 valence electrons. The van der Waals surface area contributed by atoms with Crippen molar-refractivity contribution < 1.29 is 4.74 Å². The molecule has 4 rings (SSSR count). The van der Waals surface area contributed by atoms with Crippen LogP contribution in [0.3, 0.4) is 0 Å². The maximum Gasteiger partial charge on any atom is 0.223 e. The van der Waals surface area contributed by atoms with Crippen molar-refractivity contribution in [2.24, 2.45) is 0 Å². The predicted molar refractivity (Wildman–Crippen MR) is 128 cm³/mol. The lowest BCUT2D eigenvalue weighted by Crippen LogP contribution is -2.36. The minimum Gasteiger partial charge on any atom is -0.379 e. The van der Waals surface area contributed by atoms with Gasteiger partial charge in [0.15, 0.2) is 0 Å². The summed E-state index contributed by atoms with van der Waals surface area (Å²) in [5.41, 5.74) is 11.2. The molecule has 0 saturated carbocycles. The zero-order valence-electron chi connectivity index (χ0n) is 17.3. The molecule has 0 bridgehead atoms. The van der Waals surface area contributed by atoms with Gasteiger partial charge in [-0.15, -0.1) is 0 Å². The minimum absolute atomic E-state index is 0.190. The van der Waals surface area contributed by atoms with Gasteiger partial charge in [-0.1, -0.05) is 11.6 Å². The number of hydrogen-bond acceptors (Lipinski definition) is 6. The van der Waals surface area contributed by atoms with Crippen molar-refractivity contribution in [2.75, 3.05) is 38.6 Å². The molecule has 0 aromatic carbocycles. The topological polar surface area (TPSA) is 82.1 Å². The quantitative estimate of drug-likeness (QED) is 0.380. The van der Waals surface area contributed by atoms with Gasteiger partial charge in [-0.3, -0.25) is 9.88 Å². The Labute approximate surface area is 195 Å². The number of aromatic nitrogens is 4. The Morgan fingerprint density at radius 1 is 1.23 bits per heavy atom. The van der Waals surface area contributed by atoms with Crippen LogP contribution in [0.4, 0.5) is 5.95 Å². The third kappa shape index (κ3) is 4.56. The molecule has 3 aromatic heterocycles. The molecule has 2 N–H and O–H groups in total. The monoisotopic (exact) mass is 540 g/mol. The number of nitrogens with zero attached hydrogens (tertiary/aromatic N) is 5. The zero-order valence-corrected chi connectivity index (χ0v) is 20.2. The van der Waals surface area contributed by atoms with Crippen molar-refractivity contribution in [3.8, 4) is 0 Å². The lowest BCUT2D eigenvalue weighted by atomic mass is 10.1. The Kier molecular flexibility index (Phi) is 6.76. The van der Waals surface area contributed by atoms with Gasteiger partial charge in [-0.05, 0) is 72.5 Å². The molecule has 0 atom stereocenters. The number of fused-ring (bicyclic) bond motifs is 1. The Balaban J connectivity index is 1.62. The number of nitrogen functional groups attached to an aromatic ring is 1. The van der Waals surface area contributed by atoms with Crippen LogP contribution in [-0.4, -0.2) is 57.3 Å². The van der Waals surface area contributed by atoms with Gasteiger partial charge in [0.2, 0.25) is 5.95 Å². The molecule has 1 aliphatic rings. The minimum atomic E-state index is 0.190. The van der Waals surface area contributed by atoms with Crippen molar-refractivity contribution in [2.45, 2.75) is 33.2 Å². The summed E-state index contributed by atoms with van der Waals surface area (Å²) in [5, 5.41) is 1.31. The first-order chi connectivity index (χ1) is 14.4. The summed E-state index contributed by atoms with van der Waals surface area (Å²) in [5.74, 6) is 0.190. The molecular formula is C21H26ClIN6O. The fourth-order valence-electron chi connectivity index (χ4n) is 3.94. The first kappa shape index (κ1) is 21.7. The van der Waals surface area contributed by atoms with Gasteiger partial charge in [0.25, 0.3) is 0 Å². The molecule has 9 heteroatoms. The van der Waals surface area contributed by atoms with Crippen LogP contribution >= 0.6 is 34.2 Å². The highest BCUT2D eigenvalue weighted by Crippen LogP contribution is 2.29. The van der Waals surface area contributed by atoms with Crippen LogP contribution in [-0.2, 0) is 17.7 Å². The van der Waals surface area contributed by atoms with E-state index in [2.05, 4.69) is 67.1 Å². The standard InChI is InChI=1S/C21H26ClIN6O/c1-13-10-25-16(14(2)18(13)23)12-29-11-15(4-3-5-28-6-8-30-9-7-28)17-19(22)26-21(24)27-20(17)29/h10-11H,3-9,12H2,1-2H3,(H2,24,26,27). The van der Waals surface area contributed by atoms with E-state index in [1.54, 1.807) is 0 Å². The van der Waals surface area contributed by atoms with E-state index in [1.165, 1.54) is 14.7 Å². The van der Waals surface area contributed by atoms with Crippen LogP contribution in [0.2, 0.25) is 5.15 Å². The maximum atomic E-state index is 6.50. The molecule has 0 aliphatic carbocycles. The number of rotatable bonds is 6. The van der Waals surface area contributed by atoms with E-state index in [0.29, 0.717) is 11.7 Å². The summed E-state index contributed by atoms with van der Waals surface area (Å²) in [6.07, 6.45) is 6.01. The Hall–Kier alpha value is -1.49. The van der Waals surface area contributed by atoms with Crippen LogP contribution in [0.15, 0.2) is 12.4 Å². The maximum absolute atomic E-state index is 6.50. The van der Waals surface area contributed by atoms with E-state index in [9.17, 15) is 0 Å². The fraction of sp³-hybridized carbons (Fsp3) is 0.476. The second kappa shape index (κ2) is 9.33. The van der Waals surface area contributed by atoms with Crippen LogP contribution in [0, 0.1) is 17.4 Å². The van der Waals surface area contributed by atoms with Gasteiger partial charge in [0.1, 0.15) is 10.8 Å². The van der Waals surface area contributed by atoms with Crippen molar-refractivity contribution >= 4 is 51.2 Å². The van der Waals surface area contributed by atoms with E-state index in [0.717, 1.165) is 68.0 Å². The molecule has 1 fully saturated rings. The van der Waals surface area contributed by atoms with Crippen LogP contribution in [0.25, 0.3) is 11.0 Å². The molecule has 3 aromatic rings. The second-order valence-electron chi connectivity index (χ2n) is 7.74. The number of anilines is 1. The highest BCUT2D eigenvalue weighted by atomic mass is 127. The van der Waals surface area contributed by atoms with E-state index in [1.807, 2.05) is 6.20 Å². The van der Waals surface area contributed by atoms with E-state index in [-0.39, 0.29) is 5.95 Å². The van der Waals surface area contributed by atoms with Crippen LogP contribution in [0.5, 0.6) is 0 Å². The average molecular weight is 541 g/mol. The molecule has 0 amide bonds. The Morgan fingerprint density at radius 2 is 2.00 bits per heavy atom. The van der Waals surface area contributed by atoms with Gasteiger partial charge in [-0.25, -0.2) is 4.98 Å². The SMILES string of the molecule is Cc1cnc(Cn2cc(CCCN3CCOCC3)c3c(Cl)nc(N)nc32)c(C)c1I. The summed E-state index contributed by atoms with van der Waals surface area (Å²) in [6, 6.07) is 0. The number of nitrogens with two attached hydrogens (primary N) is 1. The smallest absolute Gasteiger partial charge is 0.223 e. The Bertz CT molecular complexity index is 1060. The van der Waals surface area contributed by atoms with E-state index >= 15 is 0 Å². The predicted octanol–water partition coefficient (Wildman–Crippen LogP) is 3.60. The van der Waals surface area contributed by atoms with Gasteiger partial charge in [0.05, 0.1) is 30.8 Å². The number of pyridine rings is 1. The normalized spacial score (nSPS) is 15.2. The molecule has 1 saturated heterocycles. The summed E-state index contributed by atoms with van der Waals surface area (Å²) >= 11 is 8.88. The lowest BCUT2D eigenvalue weighted by molar-refractivity contribution is 0.0375. The fourth-order valence-corrected chi connectivity index (χ4v) is 4.68. The zero-order chi connectivity index (χ0) is 21.3. The highest BCUT2D eigenvalue weighted by molar-refractivity contribution is 14.1. The van der Waals surface area contributed by atoms with Gasteiger partial charge >= 0.3 is 0 Å². The average Bonchev–Trinajstić information content (AvgIpc) is 3.06. The summed E-state index contributed by atoms with van der Waals surface area (Å²) < 4.78 is 8.78. The molecule has 1 aliphatic heterocycles. The summed E-state index contributed by atoms with van der Waals surface area (Å²) in [4.78, 5) is 15.8. The number of halogens is 2. The lowest BCUT2D eigenvalue weighted by Gasteiger charge is -2.26. The summed E-state index contributed by atoms with van der Waals surface area (Å²) in [7, 11) is 0. The number of aryl methyl sites for hydroxylation is 2. The first-order valence-corrected chi connectivity index (χ1v) is 11.6. The number of morpholine rings is 1. The largest absolute Gasteiger partial charge is 0.379 e. The highest BCUT2D eigenvalue weighted by Gasteiger charge is 2.18. The second-order valence-corrected chi connectivity index (χ2v) is 9.17. The van der Waals surface area contributed by atoms with Gasteiger partial charge in [-0.2, -0.15) is 4.98 Å². The first-order valence-electron chi connectivity index (χ1n) is 10.2. The third-order valence-electron chi connectivity index (χ3n) is 5.63. The summed E-state index contributed by atoms with van der Waals surface area (Å²) in [6.45, 7) is 9.49. The molecule has 0 radical (unpaired) electrons. The molecular weight excluding hydrogens is 515 g/mol. The third-order valence-corrected chi connectivity index (χ3v) is 7.57. The van der Waals surface area contributed by atoms with Crippen LogP contribution < -0.4 is 5.73 Å².